The zero-order chi connectivity index (χ0) is 12.1. The Labute approximate surface area is 102 Å². The highest BCUT2D eigenvalue weighted by molar-refractivity contribution is 4.92. The smallest absolute Gasteiger partial charge is 0.176 e. The summed E-state index contributed by atoms with van der Waals surface area (Å²) < 4.78 is 22.5. The van der Waals surface area contributed by atoms with E-state index in [2.05, 4.69) is 0 Å². The third-order valence-corrected chi connectivity index (χ3v) is 2.91. The maximum absolute atomic E-state index is 5.62. The van der Waals surface area contributed by atoms with Crippen LogP contribution >= 0.6 is 0 Å². The highest BCUT2D eigenvalue weighted by atomic mass is 16.7. The predicted octanol–water partition coefficient (Wildman–Crippen LogP) is 1.87. The van der Waals surface area contributed by atoms with Crippen molar-refractivity contribution in [3.63, 3.8) is 0 Å². The molecule has 4 heteroatoms. The molecule has 0 radical (unpaired) electrons. The molecule has 96 valence electrons. The third-order valence-electron chi connectivity index (χ3n) is 2.91. The molecule has 0 aliphatic carbocycles. The molecular weight excluding hydrogens is 220 g/mol. The van der Waals surface area contributed by atoms with Crippen LogP contribution in [0, 0.1) is 5.41 Å². The minimum Gasteiger partial charge on any atom is -0.348 e. The molecule has 0 aromatic heterocycles. The Morgan fingerprint density at radius 1 is 0.765 bits per heavy atom. The lowest BCUT2D eigenvalue weighted by molar-refractivity contribution is -0.282. The van der Waals surface area contributed by atoms with E-state index < -0.39 is 0 Å². The van der Waals surface area contributed by atoms with Gasteiger partial charge in [0.15, 0.2) is 12.6 Å². The molecule has 2 heterocycles. The minimum absolute atomic E-state index is 0.143. The second kappa shape index (κ2) is 5.78. The number of hydrogen-bond donors (Lipinski definition) is 0. The molecule has 4 nitrogen and oxygen atoms in total. The van der Waals surface area contributed by atoms with Gasteiger partial charge in [-0.2, -0.15) is 0 Å². The summed E-state index contributed by atoms with van der Waals surface area (Å²) in [4.78, 5) is 0. The van der Waals surface area contributed by atoms with Crippen LogP contribution in [-0.2, 0) is 18.9 Å². The van der Waals surface area contributed by atoms with Gasteiger partial charge in [-0.1, -0.05) is 12.2 Å². The van der Waals surface area contributed by atoms with Crippen molar-refractivity contribution in [1.29, 1.82) is 0 Å². The standard InChI is InChI=1S/C13H20O4/c1-3-5-11-14-7-13(8-15-11)9-16-12(6-4-2)17-10-13/h3-6,11-12H,7-10H2,1-2H3. The van der Waals surface area contributed by atoms with Crippen molar-refractivity contribution >= 4 is 0 Å². The van der Waals surface area contributed by atoms with Crippen molar-refractivity contribution in [2.75, 3.05) is 26.4 Å². The third kappa shape index (κ3) is 3.16. The van der Waals surface area contributed by atoms with Crippen molar-refractivity contribution in [3.05, 3.63) is 24.3 Å². The fourth-order valence-corrected chi connectivity index (χ4v) is 1.92. The maximum Gasteiger partial charge on any atom is 0.176 e. The summed E-state index contributed by atoms with van der Waals surface area (Å²) in [6.45, 7) is 6.36. The molecular formula is C13H20O4. The summed E-state index contributed by atoms with van der Waals surface area (Å²) in [5.74, 6) is 0. The maximum atomic E-state index is 5.62. The molecule has 0 amide bonds. The zero-order valence-electron chi connectivity index (χ0n) is 10.4. The first-order chi connectivity index (χ1) is 8.28. The average molecular weight is 240 g/mol. The molecule has 0 atom stereocenters. The van der Waals surface area contributed by atoms with Crippen molar-refractivity contribution in [1.82, 2.24) is 0 Å². The molecule has 0 unspecified atom stereocenters. The normalized spacial score (nSPS) is 39.4. The summed E-state index contributed by atoms with van der Waals surface area (Å²) >= 11 is 0. The molecule has 2 rings (SSSR count). The molecule has 17 heavy (non-hydrogen) atoms. The van der Waals surface area contributed by atoms with Crippen molar-refractivity contribution in [3.8, 4) is 0 Å². The van der Waals surface area contributed by atoms with E-state index in [1.54, 1.807) is 0 Å². The Morgan fingerprint density at radius 2 is 1.12 bits per heavy atom. The predicted molar refractivity (Wildman–Crippen MR) is 63.4 cm³/mol. The quantitative estimate of drug-likeness (QED) is 0.690. The summed E-state index contributed by atoms with van der Waals surface area (Å²) in [6, 6.07) is 0. The van der Waals surface area contributed by atoms with Gasteiger partial charge in [0.25, 0.3) is 0 Å². The highest BCUT2D eigenvalue weighted by Crippen LogP contribution is 2.30. The van der Waals surface area contributed by atoms with E-state index in [0.717, 1.165) is 0 Å². The van der Waals surface area contributed by atoms with Crippen LogP contribution in [-0.4, -0.2) is 39.0 Å². The Balaban J connectivity index is 1.84. The number of allylic oxidation sites excluding steroid dienone is 2. The Kier molecular flexibility index (Phi) is 4.34. The monoisotopic (exact) mass is 240 g/mol. The van der Waals surface area contributed by atoms with Crippen LogP contribution in [0.15, 0.2) is 24.3 Å². The van der Waals surface area contributed by atoms with E-state index in [-0.39, 0.29) is 18.0 Å². The molecule has 0 aromatic rings. The molecule has 2 aliphatic rings. The molecule has 0 bridgehead atoms. The van der Waals surface area contributed by atoms with Gasteiger partial charge in [0.1, 0.15) is 0 Å². The van der Waals surface area contributed by atoms with Gasteiger partial charge in [-0.25, -0.2) is 0 Å². The van der Waals surface area contributed by atoms with E-state index in [1.807, 2.05) is 38.2 Å². The van der Waals surface area contributed by atoms with Crippen LogP contribution in [0.3, 0.4) is 0 Å². The Hall–Kier alpha value is -0.680. The lowest BCUT2D eigenvalue weighted by Gasteiger charge is -2.42. The first kappa shape index (κ1) is 12.8. The molecule has 2 aliphatic heterocycles. The highest BCUT2D eigenvalue weighted by Gasteiger charge is 2.41. The lowest BCUT2D eigenvalue weighted by Crippen LogP contribution is -2.51. The van der Waals surface area contributed by atoms with Gasteiger partial charge >= 0.3 is 0 Å². The Bertz CT molecular complexity index is 248. The van der Waals surface area contributed by atoms with Crippen molar-refractivity contribution in [2.24, 2.45) is 5.41 Å². The van der Waals surface area contributed by atoms with Crippen LogP contribution < -0.4 is 0 Å². The number of rotatable bonds is 2. The van der Waals surface area contributed by atoms with Crippen LogP contribution in [0.2, 0.25) is 0 Å². The van der Waals surface area contributed by atoms with Gasteiger partial charge in [-0.15, -0.1) is 0 Å². The van der Waals surface area contributed by atoms with E-state index >= 15 is 0 Å². The van der Waals surface area contributed by atoms with Crippen LogP contribution in [0.1, 0.15) is 13.8 Å². The van der Waals surface area contributed by atoms with Gasteiger partial charge in [0.05, 0.1) is 31.8 Å². The SMILES string of the molecule is CC=CC1OCC2(CO1)COC(C=CC)OC2. The fourth-order valence-electron chi connectivity index (χ4n) is 1.92. The van der Waals surface area contributed by atoms with E-state index in [0.29, 0.717) is 26.4 Å². The van der Waals surface area contributed by atoms with Crippen LogP contribution in [0.5, 0.6) is 0 Å². The van der Waals surface area contributed by atoms with Gasteiger partial charge < -0.3 is 18.9 Å². The molecule has 0 saturated carbocycles. The zero-order valence-corrected chi connectivity index (χ0v) is 10.4. The molecule has 1 spiro atoms. The van der Waals surface area contributed by atoms with Gasteiger partial charge in [-0.05, 0) is 26.0 Å². The Morgan fingerprint density at radius 3 is 1.41 bits per heavy atom. The van der Waals surface area contributed by atoms with Crippen molar-refractivity contribution in [2.45, 2.75) is 26.4 Å². The first-order valence-electron chi connectivity index (χ1n) is 6.00. The lowest BCUT2D eigenvalue weighted by atomic mass is 9.91. The fraction of sp³-hybridized carbons (Fsp3) is 0.692. The largest absolute Gasteiger partial charge is 0.348 e. The second-order valence-corrected chi connectivity index (χ2v) is 4.53. The summed E-state index contributed by atoms with van der Waals surface area (Å²) in [7, 11) is 0. The van der Waals surface area contributed by atoms with Crippen LogP contribution in [0.25, 0.3) is 0 Å². The average Bonchev–Trinajstić information content (AvgIpc) is 2.36. The van der Waals surface area contributed by atoms with E-state index in [9.17, 15) is 0 Å². The molecule has 0 aromatic carbocycles. The van der Waals surface area contributed by atoms with Gasteiger partial charge in [-0.3, -0.25) is 0 Å². The summed E-state index contributed by atoms with van der Waals surface area (Å²) in [6.07, 6.45) is 7.22. The first-order valence-corrected chi connectivity index (χ1v) is 6.00. The topological polar surface area (TPSA) is 36.9 Å². The number of hydrogen-bond acceptors (Lipinski definition) is 4. The van der Waals surface area contributed by atoms with Crippen molar-refractivity contribution < 1.29 is 18.9 Å². The minimum atomic E-state index is -0.223. The van der Waals surface area contributed by atoms with E-state index in [4.69, 9.17) is 18.9 Å². The van der Waals surface area contributed by atoms with Gasteiger partial charge in [0, 0.05) is 0 Å². The molecule has 2 fully saturated rings. The number of ether oxygens (including phenoxy) is 4. The molecule has 0 N–H and O–H groups in total. The van der Waals surface area contributed by atoms with E-state index in [1.165, 1.54) is 0 Å². The molecule has 2 saturated heterocycles. The second-order valence-electron chi connectivity index (χ2n) is 4.53. The summed E-state index contributed by atoms with van der Waals surface area (Å²) in [5.41, 5.74) is -0.143. The van der Waals surface area contributed by atoms with Crippen LogP contribution in [0.4, 0.5) is 0 Å². The van der Waals surface area contributed by atoms with Gasteiger partial charge in [0.2, 0.25) is 0 Å². The summed E-state index contributed by atoms with van der Waals surface area (Å²) in [5, 5.41) is 0.